The SMILES string of the molecule is OCCCCCC(=NO)c1ccccc1. The first-order valence-corrected chi connectivity index (χ1v) is 5.25. The van der Waals surface area contributed by atoms with Crippen LogP contribution >= 0.6 is 0 Å². The summed E-state index contributed by atoms with van der Waals surface area (Å²) in [6.07, 6.45) is 3.46. The van der Waals surface area contributed by atoms with Gasteiger partial charge in [0.15, 0.2) is 0 Å². The molecule has 0 saturated carbocycles. The van der Waals surface area contributed by atoms with Crippen molar-refractivity contribution in [2.24, 2.45) is 5.16 Å². The molecule has 0 atom stereocenters. The fourth-order valence-corrected chi connectivity index (χ4v) is 1.46. The lowest BCUT2D eigenvalue weighted by atomic mass is 10.0. The first-order valence-electron chi connectivity index (χ1n) is 5.25. The molecular formula is C12H17NO2. The average molecular weight is 207 g/mol. The first-order chi connectivity index (χ1) is 7.38. The van der Waals surface area contributed by atoms with Gasteiger partial charge in [0.2, 0.25) is 0 Å². The van der Waals surface area contributed by atoms with Crippen LogP contribution in [0.25, 0.3) is 0 Å². The molecule has 0 spiro atoms. The van der Waals surface area contributed by atoms with E-state index in [9.17, 15) is 0 Å². The summed E-state index contributed by atoms with van der Waals surface area (Å²) in [5.74, 6) is 0. The van der Waals surface area contributed by atoms with E-state index in [4.69, 9.17) is 10.3 Å². The van der Waals surface area contributed by atoms with E-state index in [0.717, 1.165) is 31.2 Å². The number of rotatable bonds is 6. The Morgan fingerprint density at radius 1 is 1.07 bits per heavy atom. The normalized spacial score (nSPS) is 11.7. The van der Waals surface area contributed by atoms with Crippen molar-refractivity contribution >= 4 is 5.71 Å². The molecule has 0 saturated heterocycles. The second kappa shape index (κ2) is 7.01. The minimum absolute atomic E-state index is 0.233. The Morgan fingerprint density at radius 2 is 1.80 bits per heavy atom. The van der Waals surface area contributed by atoms with E-state index in [0.29, 0.717) is 5.71 Å². The van der Waals surface area contributed by atoms with Crippen molar-refractivity contribution in [2.45, 2.75) is 25.7 Å². The van der Waals surface area contributed by atoms with Gasteiger partial charge in [0.05, 0.1) is 5.71 Å². The number of benzene rings is 1. The third-order valence-corrected chi connectivity index (χ3v) is 2.30. The predicted molar refractivity (Wildman–Crippen MR) is 60.3 cm³/mol. The number of nitrogens with zero attached hydrogens (tertiary/aromatic N) is 1. The molecule has 2 N–H and O–H groups in total. The summed E-state index contributed by atoms with van der Waals surface area (Å²) in [7, 11) is 0. The second-order valence-electron chi connectivity index (χ2n) is 3.45. The molecule has 0 aliphatic heterocycles. The first kappa shape index (κ1) is 11.7. The molecule has 0 amide bonds. The molecule has 0 aliphatic carbocycles. The lowest BCUT2D eigenvalue weighted by Crippen LogP contribution is -2.00. The van der Waals surface area contributed by atoms with Crippen LogP contribution in [0.1, 0.15) is 31.2 Å². The van der Waals surface area contributed by atoms with Crippen LogP contribution in [0.15, 0.2) is 35.5 Å². The summed E-state index contributed by atoms with van der Waals surface area (Å²) in [5.41, 5.74) is 1.68. The summed E-state index contributed by atoms with van der Waals surface area (Å²) in [5, 5.41) is 20.8. The van der Waals surface area contributed by atoms with Crippen LogP contribution in [0.5, 0.6) is 0 Å². The van der Waals surface area contributed by atoms with Crippen molar-refractivity contribution in [1.82, 2.24) is 0 Å². The molecular weight excluding hydrogens is 190 g/mol. The molecule has 82 valence electrons. The molecule has 3 heteroatoms. The third-order valence-electron chi connectivity index (χ3n) is 2.30. The van der Waals surface area contributed by atoms with Gasteiger partial charge in [0, 0.05) is 6.61 Å². The van der Waals surface area contributed by atoms with Crippen molar-refractivity contribution in [3.8, 4) is 0 Å². The van der Waals surface area contributed by atoms with Crippen molar-refractivity contribution in [3.63, 3.8) is 0 Å². The van der Waals surface area contributed by atoms with Crippen LogP contribution in [0.2, 0.25) is 0 Å². The quantitative estimate of drug-likeness (QED) is 0.326. The molecule has 15 heavy (non-hydrogen) atoms. The Hall–Kier alpha value is -1.35. The zero-order valence-corrected chi connectivity index (χ0v) is 8.76. The van der Waals surface area contributed by atoms with Gasteiger partial charge in [-0.3, -0.25) is 0 Å². The number of hydrogen-bond acceptors (Lipinski definition) is 3. The highest BCUT2D eigenvalue weighted by molar-refractivity contribution is 6.00. The number of aliphatic hydroxyl groups is 1. The Kier molecular flexibility index (Phi) is 5.48. The highest BCUT2D eigenvalue weighted by Gasteiger charge is 2.02. The number of aliphatic hydroxyl groups excluding tert-OH is 1. The zero-order valence-electron chi connectivity index (χ0n) is 8.76. The van der Waals surface area contributed by atoms with Crippen molar-refractivity contribution in [2.75, 3.05) is 6.61 Å². The van der Waals surface area contributed by atoms with Gasteiger partial charge in [0.1, 0.15) is 0 Å². The van der Waals surface area contributed by atoms with E-state index in [1.54, 1.807) is 0 Å². The summed E-state index contributed by atoms with van der Waals surface area (Å²) < 4.78 is 0. The van der Waals surface area contributed by atoms with Gasteiger partial charge in [-0.05, 0) is 24.8 Å². The number of unbranched alkanes of at least 4 members (excludes halogenated alkanes) is 2. The van der Waals surface area contributed by atoms with Gasteiger partial charge >= 0.3 is 0 Å². The van der Waals surface area contributed by atoms with Gasteiger partial charge in [-0.15, -0.1) is 0 Å². The number of hydrogen-bond donors (Lipinski definition) is 2. The van der Waals surface area contributed by atoms with Crippen LogP contribution in [-0.2, 0) is 0 Å². The Morgan fingerprint density at radius 3 is 2.40 bits per heavy atom. The van der Waals surface area contributed by atoms with Crippen LogP contribution < -0.4 is 0 Å². The average Bonchev–Trinajstić information content (AvgIpc) is 2.30. The van der Waals surface area contributed by atoms with E-state index in [-0.39, 0.29) is 6.61 Å². The van der Waals surface area contributed by atoms with Crippen LogP contribution in [-0.4, -0.2) is 22.6 Å². The van der Waals surface area contributed by atoms with Crippen molar-refractivity contribution < 1.29 is 10.3 Å². The maximum Gasteiger partial charge on any atom is 0.0867 e. The molecule has 0 aliphatic rings. The monoisotopic (exact) mass is 207 g/mol. The molecule has 3 nitrogen and oxygen atoms in total. The van der Waals surface area contributed by atoms with E-state index < -0.39 is 0 Å². The maximum absolute atomic E-state index is 8.87. The number of oxime groups is 1. The third kappa shape index (κ3) is 4.13. The van der Waals surface area contributed by atoms with E-state index >= 15 is 0 Å². The molecule has 1 aromatic carbocycles. The van der Waals surface area contributed by atoms with Gasteiger partial charge in [-0.1, -0.05) is 41.9 Å². The van der Waals surface area contributed by atoms with E-state index in [2.05, 4.69) is 5.16 Å². The largest absolute Gasteiger partial charge is 0.411 e. The molecule has 1 aromatic rings. The molecule has 0 fully saturated rings. The summed E-state index contributed by atoms with van der Waals surface area (Å²) in [4.78, 5) is 0. The molecule has 0 aromatic heterocycles. The lowest BCUT2D eigenvalue weighted by Gasteiger charge is -2.03. The lowest BCUT2D eigenvalue weighted by molar-refractivity contribution is 0.283. The molecule has 0 unspecified atom stereocenters. The molecule has 0 bridgehead atoms. The minimum Gasteiger partial charge on any atom is -0.411 e. The molecule has 1 rings (SSSR count). The van der Waals surface area contributed by atoms with Crippen LogP contribution in [0, 0.1) is 0 Å². The topological polar surface area (TPSA) is 52.8 Å². The minimum atomic E-state index is 0.233. The fourth-order valence-electron chi connectivity index (χ4n) is 1.46. The van der Waals surface area contributed by atoms with Crippen LogP contribution in [0.3, 0.4) is 0 Å². The Bertz CT molecular complexity index is 296. The second-order valence-corrected chi connectivity index (χ2v) is 3.45. The van der Waals surface area contributed by atoms with Gasteiger partial charge in [0.25, 0.3) is 0 Å². The standard InChI is InChI=1S/C12H17NO2/c14-10-6-2-5-9-12(13-15)11-7-3-1-4-8-11/h1,3-4,7-8,14-15H,2,5-6,9-10H2. The summed E-state index contributed by atoms with van der Waals surface area (Å²) >= 11 is 0. The van der Waals surface area contributed by atoms with Gasteiger partial charge < -0.3 is 10.3 Å². The summed E-state index contributed by atoms with van der Waals surface area (Å²) in [6, 6.07) is 9.65. The predicted octanol–water partition coefficient (Wildman–Crippen LogP) is 2.42. The Balaban J connectivity index is 2.44. The van der Waals surface area contributed by atoms with E-state index in [1.807, 2.05) is 30.3 Å². The smallest absolute Gasteiger partial charge is 0.0867 e. The highest BCUT2D eigenvalue weighted by atomic mass is 16.4. The van der Waals surface area contributed by atoms with E-state index in [1.165, 1.54) is 0 Å². The molecule has 0 radical (unpaired) electrons. The van der Waals surface area contributed by atoms with Gasteiger partial charge in [-0.2, -0.15) is 0 Å². The Labute approximate surface area is 90.1 Å². The van der Waals surface area contributed by atoms with Crippen LogP contribution in [0.4, 0.5) is 0 Å². The van der Waals surface area contributed by atoms with Gasteiger partial charge in [-0.25, -0.2) is 0 Å². The molecule has 0 heterocycles. The summed E-state index contributed by atoms with van der Waals surface area (Å²) in [6.45, 7) is 0.233. The van der Waals surface area contributed by atoms with Crippen molar-refractivity contribution in [1.29, 1.82) is 0 Å². The highest BCUT2D eigenvalue weighted by Crippen LogP contribution is 2.08. The maximum atomic E-state index is 8.87. The fraction of sp³-hybridized carbons (Fsp3) is 0.417. The zero-order chi connectivity index (χ0) is 10.9. The van der Waals surface area contributed by atoms with Crippen molar-refractivity contribution in [3.05, 3.63) is 35.9 Å².